The van der Waals surface area contributed by atoms with E-state index in [1.54, 1.807) is 36.4 Å². The van der Waals surface area contributed by atoms with Gasteiger partial charge in [-0.25, -0.2) is 0 Å². The Balaban J connectivity index is 1.48. The molecule has 0 atom stereocenters. The highest BCUT2D eigenvalue weighted by Crippen LogP contribution is 2.36. The number of fused-ring (bicyclic) bond motifs is 4. The van der Waals surface area contributed by atoms with Crippen molar-refractivity contribution in [3.05, 3.63) is 136 Å². The molecule has 0 N–H and O–H groups in total. The minimum Gasteiger partial charge on any atom is -0.456 e. The zero-order valence-electron chi connectivity index (χ0n) is 19.5. The number of hydrogen-bond donors (Lipinski definition) is 0. The fourth-order valence-corrected chi connectivity index (χ4v) is 4.88. The van der Waals surface area contributed by atoms with Crippen LogP contribution in [-0.2, 0) is 0 Å². The highest BCUT2D eigenvalue weighted by molar-refractivity contribution is 6.00. The molecule has 0 fully saturated rings. The molecule has 0 spiro atoms. The number of anilines is 3. The van der Waals surface area contributed by atoms with Crippen LogP contribution in [0, 0.1) is 0 Å². The third kappa shape index (κ3) is 3.40. The summed E-state index contributed by atoms with van der Waals surface area (Å²) in [6, 6.07) is 35.9. The lowest BCUT2D eigenvalue weighted by atomic mass is 10.1. The Labute approximate surface area is 210 Å². The van der Waals surface area contributed by atoms with Crippen LogP contribution in [-0.4, -0.2) is 0 Å². The summed E-state index contributed by atoms with van der Waals surface area (Å²) in [7, 11) is 0. The SMILES string of the molecule is O=c1c2ccccc2oc2cc3c(=O)c4ccc(N(c5ccccc5)c5ccccc5)cc4oc3cc12. The van der Waals surface area contributed by atoms with Gasteiger partial charge in [0, 0.05) is 23.1 Å². The summed E-state index contributed by atoms with van der Waals surface area (Å²) in [6.07, 6.45) is 0. The smallest absolute Gasteiger partial charge is 0.200 e. The van der Waals surface area contributed by atoms with E-state index >= 15 is 0 Å². The number of hydrogen-bond acceptors (Lipinski definition) is 5. The molecule has 0 aliphatic heterocycles. The number of benzene rings is 5. The first-order valence-corrected chi connectivity index (χ1v) is 11.9. The van der Waals surface area contributed by atoms with Gasteiger partial charge in [0.2, 0.25) is 10.9 Å². The lowest BCUT2D eigenvalue weighted by molar-refractivity contribution is 0.652. The fourth-order valence-electron chi connectivity index (χ4n) is 4.88. The minimum atomic E-state index is -0.175. The summed E-state index contributed by atoms with van der Waals surface area (Å²) >= 11 is 0. The molecule has 0 bridgehead atoms. The van der Waals surface area contributed by atoms with E-state index in [9.17, 15) is 9.59 Å². The van der Waals surface area contributed by atoms with Crippen LogP contribution in [0.25, 0.3) is 43.9 Å². The highest BCUT2D eigenvalue weighted by atomic mass is 16.3. The third-order valence-electron chi connectivity index (χ3n) is 6.64. The van der Waals surface area contributed by atoms with Crippen molar-refractivity contribution in [1.82, 2.24) is 0 Å². The van der Waals surface area contributed by atoms with Crippen molar-refractivity contribution < 1.29 is 8.83 Å². The van der Waals surface area contributed by atoms with Crippen molar-refractivity contribution in [1.29, 1.82) is 0 Å². The lowest BCUT2D eigenvalue weighted by Gasteiger charge is -2.25. The Hall–Kier alpha value is -5.16. The normalized spacial score (nSPS) is 11.5. The molecule has 5 nitrogen and oxygen atoms in total. The number of nitrogens with zero attached hydrogens (tertiary/aromatic N) is 1. The van der Waals surface area contributed by atoms with Crippen LogP contribution in [0.1, 0.15) is 0 Å². The predicted molar refractivity (Wildman–Crippen MR) is 148 cm³/mol. The largest absolute Gasteiger partial charge is 0.456 e. The van der Waals surface area contributed by atoms with E-state index < -0.39 is 0 Å². The molecule has 0 unspecified atom stereocenters. The first kappa shape index (κ1) is 21.1. The van der Waals surface area contributed by atoms with Gasteiger partial charge in [0.25, 0.3) is 0 Å². The summed E-state index contributed by atoms with van der Waals surface area (Å²) in [6.45, 7) is 0. The van der Waals surface area contributed by atoms with Gasteiger partial charge in [0.15, 0.2) is 0 Å². The van der Waals surface area contributed by atoms with Gasteiger partial charge in [0.05, 0.1) is 21.5 Å². The van der Waals surface area contributed by atoms with Crippen molar-refractivity contribution in [2.75, 3.05) is 4.90 Å². The monoisotopic (exact) mass is 481 g/mol. The third-order valence-corrected chi connectivity index (χ3v) is 6.64. The molecule has 37 heavy (non-hydrogen) atoms. The molecule has 0 saturated carbocycles. The molecule has 0 aliphatic rings. The maximum atomic E-state index is 13.5. The predicted octanol–water partition coefficient (Wildman–Crippen LogP) is 7.68. The molecule has 5 aromatic carbocycles. The topological polar surface area (TPSA) is 63.7 Å². The van der Waals surface area contributed by atoms with E-state index in [0.717, 1.165) is 17.1 Å². The standard InChI is InChI=1S/C32H19NO4/c34-31-23-13-7-8-14-27(23)36-29-18-26-30(19-25(29)31)37-28-17-22(15-16-24(28)32(26)35)33(20-9-3-1-4-10-20)21-11-5-2-6-12-21/h1-19H. The number of para-hydroxylation sites is 3. The minimum absolute atomic E-state index is 0.158. The summed E-state index contributed by atoms with van der Waals surface area (Å²) in [5.74, 6) is 0. The van der Waals surface area contributed by atoms with Crippen LogP contribution in [0.15, 0.2) is 134 Å². The molecular weight excluding hydrogens is 462 g/mol. The van der Waals surface area contributed by atoms with Crippen LogP contribution in [0.4, 0.5) is 17.1 Å². The fraction of sp³-hybridized carbons (Fsp3) is 0. The second kappa shape index (κ2) is 8.21. The van der Waals surface area contributed by atoms with Gasteiger partial charge in [-0.3, -0.25) is 9.59 Å². The van der Waals surface area contributed by atoms with E-state index in [-0.39, 0.29) is 10.9 Å². The van der Waals surface area contributed by atoms with Gasteiger partial charge >= 0.3 is 0 Å². The van der Waals surface area contributed by atoms with Gasteiger partial charge in [-0.2, -0.15) is 0 Å². The first-order chi connectivity index (χ1) is 18.2. The maximum Gasteiger partial charge on any atom is 0.200 e. The molecule has 176 valence electrons. The van der Waals surface area contributed by atoms with Crippen molar-refractivity contribution in [2.45, 2.75) is 0 Å². The van der Waals surface area contributed by atoms with Gasteiger partial charge in [-0.1, -0.05) is 48.5 Å². The van der Waals surface area contributed by atoms with Crippen LogP contribution in [0.2, 0.25) is 0 Å². The van der Waals surface area contributed by atoms with Gasteiger partial charge < -0.3 is 13.7 Å². The van der Waals surface area contributed by atoms with Crippen molar-refractivity contribution >= 4 is 60.9 Å². The zero-order chi connectivity index (χ0) is 24.9. The van der Waals surface area contributed by atoms with Crippen LogP contribution in [0.3, 0.4) is 0 Å². The van der Waals surface area contributed by atoms with Crippen LogP contribution < -0.4 is 15.8 Å². The molecule has 5 heteroatoms. The quantitative estimate of drug-likeness (QED) is 0.242. The second-order valence-corrected chi connectivity index (χ2v) is 8.89. The maximum absolute atomic E-state index is 13.5. The Kier molecular flexibility index (Phi) is 4.69. The van der Waals surface area contributed by atoms with Gasteiger partial charge in [-0.15, -0.1) is 0 Å². The van der Waals surface area contributed by atoms with Gasteiger partial charge in [-0.05, 0) is 60.7 Å². The van der Waals surface area contributed by atoms with Crippen LogP contribution >= 0.6 is 0 Å². The Morgan fingerprint density at radius 3 is 1.51 bits per heavy atom. The van der Waals surface area contributed by atoms with Crippen molar-refractivity contribution in [3.8, 4) is 0 Å². The second-order valence-electron chi connectivity index (χ2n) is 8.89. The van der Waals surface area contributed by atoms with E-state index in [2.05, 4.69) is 4.90 Å². The summed E-state index contributed by atoms with van der Waals surface area (Å²) in [4.78, 5) is 28.8. The Morgan fingerprint density at radius 1 is 0.405 bits per heavy atom. The molecular formula is C32H19NO4. The zero-order valence-corrected chi connectivity index (χ0v) is 19.5. The molecule has 7 aromatic rings. The van der Waals surface area contributed by atoms with E-state index in [1.807, 2.05) is 78.9 Å². The summed E-state index contributed by atoms with van der Waals surface area (Å²) < 4.78 is 12.2. The van der Waals surface area contributed by atoms with Crippen LogP contribution in [0.5, 0.6) is 0 Å². The molecule has 0 saturated heterocycles. The number of rotatable bonds is 3. The Morgan fingerprint density at radius 2 is 0.892 bits per heavy atom. The first-order valence-electron chi connectivity index (χ1n) is 11.9. The summed E-state index contributed by atoms with van der Waals surface area (Å²) in [5, 5.41) is 1.69. The summed E-state index contributed by atoms with van der Waals surface area (Å²) in [5.41, 5.74) is 4.10. The molecule has 2 heterocycles. The van der Waals surface area contributed by atoms with Crippen molar-refractivity contribution in [2.24, 2.45) is 0 Å². The van der Waals surface area contributed by atoms with E-state index in [4.69, 9.17) is 8.83 Å². The average Bonchev–Trinajstić information content (AvgIpc) is 2.94. The van der Waals surface area contributed by atoms with Crippen molar-refractivity contribution in [3.63, 3.8) is 0 Å². The molecule has 7 rings (SSSR count). The average molecular weight is 482 g/mol. The molecule has 2 aromatic heterocycles. The molecule has 0 aliphatic carbocycles. The lowest BCUT2D eigenvalue weighted by Crippen LogP contribution is -2.10. The Bertz CT molecular complexity index is 2040. The van der Waals surface area contributed by atoms with E-state index in [0.29, 0.717) is 43.9 Å². The molecule has 0 radical (unpaired) electrons. The molecule has 0 amide bonds. The van der Waals surface area contributed by atoms with E-state index in [1.165, 1.54) is 0 Å². The highest BCUT2D eigenvalue weighted by Gasteiger charge is 2.17. The van der Waals surface area contributed by atoms with Gasteiger partial charge in [0.1, 0.15) is 22.3 Å².